The molecule has 0 unspecified atom stereocenters. The summed E-state index contributed by atoms with van der Waals surface area (Å²) in [6, 6.07) is 28.8. The fourth-order valence-electron chi connectivity index (χ4n) is 3.39. The minimum absolute atomic E-state index is 0.00314. The summed E-state index contributed by atoms with van der Waals surface area (Å²) in [4.78, 5) is 0. The van der Waals surface area contributed by atoms with E-state index in [4.69, 9.17) is 20.6 Å². The molecule has 0 heterocycles. The zero-order valence-corrected chi connectivity index (χ0v) is 18.5. The Morgan fingerprint density at radius 2 is 1.06 bits per heavy atom. The summed E-state index contributed by atoms with van der Waals surface area (Å²) >= 11 is 0. The van der Waals surface area contributed by atoms with Gasteiger partial charge in [-0.3, -0.25) is 0 Å². The smallest absolute Gasteiger partial charge is 0.143 e. The molecule has 172 valence electrons. The second-order valence-electron chi connectivity index (χ2n) is 7.70. The van der Waals surface area contributed by atoms with Crippen LogP contribution >= 0.6 is 0 Å². The summed E-state index contributed by atoms with van der Waals surface area (Å²) in [6.45, 7) is 0.782. The van der Waals surface area contributed by atoms with Gasteiger partial charge in [0, 0.05) is 0 Å². The van der Waals surface area contributed by atoms with E-state index in [1.54, 1.807) is 0 Å². The Morgan fingerprint density at radius 3 is 1.52 bits per heavy atom. The predicted molar refractivity (Wildman–Crippen MR) is 127 cm³/mol. The van der Waals surface area contributed by atoms with Crippen LogP contribution in [-0.4, -0.2) is 41.2 Å². The van der Waals surface area contributed by atoms with Crippen LogP contribution in [-0.2, 0) is 34.0 Å². The maximum atomic E-state index is 11.0. The van der Waals surface area contributed by atoms with Gasteiger partial charge in [-0.15, -0.1) is 6.42 Å². The first-order valence-corrected chi connectivity index (χ1v) is 10.9. The lowest BCUT2D eigenvalue weighted by molar-refractivity contribution is -0.167. The number of hydrogen-bond acceptors (Lipinski definition) is 5. The summed E-state index contributed by atoms with van der Waals surface area (Å²) in [5.41, 5.74) is 2.84. The Hall–Kier alpha value is -2.98. The van der Waals surface area contributed by atoms with Crippen molar-refractivity contribution in [2.24, 2.45) is 0 Å². The van der Waals surface area contributed by atoms with Crippen molar-refractivity contribution in [2.45, 2.75) is 44.2 Å². The largest absolute Gasteiger partial charge is 0.388 e. The van der Waals surface area contributed by atoms with Crippen LogP contribution in [0.1, 0.15) is 16.7 Å². The normalized spacial score (nSPS) is 14.7. The van der Waals surface area contributed by atoms with E-state index in [2.05, 4.69) is 5.92 Å². The SMILES string of the molecule is C#C[C@H](O)[C@@H](OCc1ccccc1)[C@H](OCc1ccccc1)[C@@H](O)COCc1ccccc1. The molecule has 0 saturated carbocycles. The maximum Gasteiger partial charge on any atom is 0.143 e. The van der Waals surface area contributed by atoms with Gasteiger partial charge in [-0.2, -0.15) is 0 Å². The standard InChI is InChI=1S/C28H30O5/c1-2-25(29)27(32-19-23-14-8-4-9-15-23)28(33-20-24-16-10-5-11-17-24)26(30)21-31-18-22-12-6-3-7-13-22/h1,3-17,25-30H,18-21H2/t25-,26-,27+,28+/m0/s1. The molecule has 33 heavy (non-hydrogen) atoms. The molecule has 0 aromatic heterocycles. The molecule has 0 spiro atoms. The zero-order valence-electron chi connectivity index (χ0n) is 18.5. The van der Waals surface area contributed by atoms with Crippen LogP contribution in [0.4, 0.5) is 0 Å². The third-order valence-corrected chi connectivity index (χ3v) is 5.16. The van der Waals surface area contributed by atoms with Gasteiger partial charge in [0.25, 0.3) is 0 Å². The highest BCUT2D eigenvalue weighted by molar-refractivity contribution is 5.15. The topological polar surface area (TPSA) is 68.2 Å². The molecule has 4 atom stereocenters. The van der Waals surface area contributed by atoms with Crippen molar-refractivity contribution < 1.29 is 24.4 Å². The van der Waals surface area contributed by atoms with Gasteiger partial charge >= 0.3 is 0 Å². The Bertz CT molecular complexity index is 956. The molecule has 0 aliphatic carbocycles. The molecular formula is C28H30O5. The number of aliphatic hydroxyl groups excluding tert-OH is 2. The molecule has 5 nitrogen and oxygen atoms in total. The molecule has 0 aliphatic heterocycles. The van der Waals surface area contributed by atoms with Gasteiger partial charge in [0.05, 0.1) is 26.4 Å². The van der Waals surface area contributed by atoms with Crippen LogP contribution in [0.5, 0.6) is 0 Å². The third-order valence-electron chi connectivity index (χ3n) is 5.16. The Morgan fingerprint density at radius 1 is 0.636 bits per heavy atom. The lowest BCUT2D eigenvalue weighted by atomic mass is 10.0. The summed E-state index contributed by atoms with van der Waals surface area (Å²) in [5, 5.41) is 21.5. The molecule has 3 aromatic carbocycles. The zero-order chi connectivity index (χ0) is 23.3. The lowest BCUT2D eigenvalue weighted by Gasteiger charge is -2.32. The number of terminal acetylenes is 1. The van der Waals surface area contributed by atoms with Crippen molar-refractivity contribution in [1.82, 2.24) is 0 Å². The second kappa shape index (κ2) is 13.5. The molecule has 2 N–H and O–H groups in total. The average Bonchev–Trinajstić information content (AvgIpc) is 2.87. The van der Waals surface area contributed by atoms with Crippen molar-refractivity contribution in [1.29, 1.82) is 0 Å². The lowest BCUT2D eigenvalue weighted by Crippen LogP contribution is -2.48. The van der Waals surface area contributed by atoms with Crippen LogP contribution in [0.25, 0.3) is 0 Å². The first-order chi connectivity index (χ1) is 16.2. The second-order valence-corrected chi connectivity index (χ2v) is 7.70. The average molecular weight is 447 g/mol. The minimum atomic E-state index is -1.27. The van der Waals surface area contributed by atoms with E-state index in [1.165, 1.54) is 0 Å². The van der Waals surface area contributed by atoms with Crippen LogP contribution in [0.2, 0.25) is 0 Å². The number of aliphatic hydroxyl groups is 2. The number of benzene rings is 3. The van der Waals surface area contributed by atoms with Crippen LogP contribution in [0.3, 0.4) is 0 Å². The van der Waals surface area contributed by atoms with Crippen LogP contribution in [0.15, 0.2) is 91.0 Å². The minimum Gasteiger partial charge on any atom is -0.388 e. The molecule has 0 aliphatic rings. The van der Waals surface area contributed by atoms with Crippen molar-refractivity contribution in [3.63, 3.8) is 0 Å². The van der Waals surface area contributed by atoms with Crippen LogP contribution in [0, 0.1) is 12.3 Å². The maximum absolute atomic E-state index is 11.0. The Balaban J connectivity index is 1.70. The highest BCUT2D eigenvalue weighted by Gasteiger charge is 2.35. The first kappa shape index (κ1) is 24.7. The molecule has 0 bridgehead atoms. The first-order valence-electron chi connectivity index (χ1n) is 10.9. The number of ether oxygens (including phenoxy) is 3. The van der Waals surface area contributed by atoms with E-state index in [0.29, 0.717) is 6.61 Å². The van der Waals surface area contributed by atoms with Crippen molar-refractivity contribution >= 4 is 0 Å². The van der Waals surface area contributed by atoms with Gasteiger partial charge in [-0.25, -0.2) is 0 Å². The third kappa shape index (κ3) is 8.14. The quantitative estimate of drug-likeness (QED) is 0.392. The summed E-state index contributed by atoms with van der Waals surface area (Å²) in [7, 11) is 0. The Kier molecular flexibility index (Phi) is 10.1. The predicted octanol–water partition coefficient (Wildman–Crippen LogP) is 3.73. The van der Waals surface area contributed by atoms with E-state index in [1.807, 2.05) is 91.0 Å². The van der Waals surface area contributed by atoms with Gasteiger partial charge in [-0.1, -0.05) is 96.9 Å². The number of hydrogen-bond donors (Lipinski definition) is 2. The summed E-state index contributed by atoms with van der Waals surface area (Å²) < 4.78 is 17.8. The highest BCUT2D eigenvalue weighted by Crippen LogP contribution is 2.19. The molecule has 3 aromatic rings. The molecule has 0 saturated heterocycles. The molecule has 3 rings (SSSR count). The van der Waals surface area contributed by atoms with Gasteiger partial charge in [-0.05, 0) is 16.7 Å². The summed E-state index contributed by atoms with van der Waals surface area (Å²) in [5.74, 6) is 2.32. The van der Waals surface area contributed by atoms with Crippen molar-refractivity contribution in [3.8, 4) is 12.3 Å². The van der Waals surface area contributed by atoms with Crippen molar-refractivity contribution in [2.75, 3.05) is 6.61 Å². The fraction of sp³-hybridized carbons (Fsp3) is 0.286. The van der Waals surface area contributed by atoms with Crippen LogP contribution < -0.4 is 0 Å². The van der Waals surface area contributed by atoms with Gasteiger partial charge < -0.3 is 24.4 Å². The molecular weight excluding hydrogens is 416 g/mol. The summed E-state index contributed by atoms with van der Waals surface area (Å²) in [6.07, 6.45) is 1.32. The molecule has 0 fully saturated rings. The van der Waals surface area contributed by atoms with E-state index in [9.17, 15) is 10.2 Å². The van der Waals surface area contributed by atoms with Gasteiger partial charge in [0.15, 0.2) is 0 Å². The van der Waals surface area contributed by atoms with Crippen molar-refractivity contribution in [3.05, 3.63) is 108 Å². The van der Waals surface area contributed by atoms with E-state index in [-0.39, 0.29) is 19.8 Å². The van der Waals surface area contributed by atoms with E-state index >= 15 is 0 Å². The molecule has 0 radical (unpaired) electrons. The fourth-order valence-corrected chi connectivity index (χ4v) is 3.39. The van der Waals surface area contributed by atoms with E-state index in [0.717, 1.165) is 16.7 Å². The van der Waals surface area contributed by atoms with Gasteiger partial charge in [0.1, 0.15) is 24.4 Å². The number of rotatable bonds is 13. The molecule has 5 heteroatoms. The highest BCUT2D eigenvalue weighted by atomic mass is 16.6. The van der Waals surface area contributed by atoms with Gasteiger partial charge in [0.2, 0.25) is 0 Å². The Labute approximate surface area is 195 Å². The monoisotopic (exact) mass is 446 g/mol. The van der Waals surface area contributed by atoms with E-state index < -0.39 is 24.4 Å². The molecule has 0 amide bonds.